The molecule has 0 unspecified atom stereocenters. The first-order chi connectivity index (χ1) is 13.4. The number of nitrogens with zero attached hydrogens (tertiary/aromatic N) is 1. The van der Waals surface area contributed by atoms with E-state index in [-0.39, 0.29) is 28.4 Å². The number of carbonyl (C=O) groups excluding carboxylic acids is 1. The number of para-hydroxylation sites is 1. The third kappa shape index (κ3) is 4.35. The molecule has 0 aliphatic carbocycles. The lowest BCUT2D eigenvalue weighted by atomic mass is 10.1. The molecular formula is C18H15N3O6S. The zero-order chi connectivity index (χ0) is 20.1. The molecule has 3 aromatic rings. The van der Waals surface area contributed by atoms with Crippen LogP contribution in [0.25, 0.3) is 0 Å². The quantitative estimate of drug-likeness (QED) is 0.462. The van der Waals surface area contributed by atoms with Crippen LogP contribution in [0.15, 0.2) is 76.2 Å². The van der Waals surface area contributed by atoms with Gasteiger partial charge in [-0.15, -0.1) is 0 Å². The van der Waals surface area contributed by atoms with E-state index in [1.165, 1.54) is 36.6 Å². The fraction of sp³-hybridized carbons (Fsp3) is 0.0556. The number of anilines is 1. The van der Waals surface area contributed by atoms with Crippen LogP contribution >= 0.6 is 0 Å². The summed E-state index contributed by atoms with van der Waals surface area (Å²) in [6, 6.07) is 14.1. The van der Waals surface area contributed by atoms with E-state index < -0.39 is 20.9 Å². The molecule has 1 amide bonds. The Morgan fingerprint density at radius 3 is 2.57 bits per heavy atom. The van der Waals surface area contributed by atoms with Crippen molar-refractivity contribution in [3.63, 3.8) is 0 Å². The molecule has 0 saturated carbocycles. The van der Waals surface area contributed by atoms with Gasteiger partial charge in [0.25, 0.3) is 21.6 Å². The van der Waals surface area contributed by atoms with Crippen LogP contribution in [0.3, 0.4) is 0 Å². The average Bonchev–Trinajstić information content (AvgIpc) is 3.20. The van der Waals surface area contributed by atoms with Crippen molar-refractivity contribution in [3.8, 4) is 0 Å². The van der Waals surface area contributed by atoms with Crippen LogP contribution in [0.2, 0.25) is 0 Å². The minimum absolute atomic E-state index is 0.0472. The lowest BCUT2D eigenvalue weighted by Crippen LogP contribution is -2.24. The highest BCUT2D eigenvalue weighted by molar-refractivity contribution is 7.92. The van der Waals surface area contributed by atoms with Crippen LogP contribution in [0, 0.1) is 10.1 Å². The Kier molecular flexibility index (Phi) is 5.41. The summed E-state index contributed by atoms with van der Waals surface area (Å²) in [5.41, 5.74) is -0.207. The van der Waals surface area contributed by atoms with Crippen molar-refractivity contribution in [2.45, 2.75) is 11.4 Å². The number of hydrogen-bond acceptors (Lipinski definition) is 6. The maximum atomic E-state index is 12.6. The van der Waals surface area contributed by atoms with Crippen molar-refractivity contribution < 1.29 is 22.6 Å². The second-order valence-electron chi connectivity index (χ2n) is 5.67. The number of nitrogens with one attached hydrogen (secondary N) is 2. The lowest BCUT2D eigenvalue weighted by molar-refractivity contribution is -0.385. The molecule has 0 aliphatic heterocycles. The van der Waals surface area contributed by atoms with Gasteiger partial charge in [0.15, 0.2) is 0 Å². The van der Waals surface area contributed by atoms with Gasteiger partial charge >= 0.3 is 0 Å². The van der Waals surface area contributed by atoms with Crippen molar-refractivity contribution in [2.75, 3.05) is 4.72 Å². The largest absolute Gasteiger partial charge is 0.467 e. The fourth-order valence-corrected chi connectivity index (χ4v) is 3.53. The summed E-state index contributed by atoms with van der Waals surface area (Å²) in [5, 5.41) is 13.5. The van der Waals surface area contributed by atoms with Crippen LogP contribution in [-0.4, -0.2) is 19.2 Å². The first kappa shape index (κ1) is 19.1. The fourth-order valence-electron chi connectivity index (χ4n) is 2.41. The number of benzene rings is 2. The Bertz CT molecular complexity index is 1110. The monoisotopic (exact) mass is 401 g/mol. The Morgan fingerprint density at radius 1 is 1.07 bits per heavy atom. The van der Waals surface area contributed by atoms with Gasteiger partial charge in [-0.1, -0.05) is 18.2 Å². The first-order valence-corrected chi connectivity index (χ1v) is 9.52. The summed E-state index contributed by atoms with van der Waals surface area (Å²) in [6.07, 6.45) is 1.47. The van der Waals surface area contributed by atoms with Gasteiger partial charge in [-0.3, -0.25) is 19.6 Å². The highest BCUT2D eigenvalue weighted by Gasteiger charge is 2.20. The van der Waals surface area contributed by atoms with Crippen molar-refractivity contribution >= 4 is 27.3 Å². The molecule has 1 aromatic heterocycles. The van der Waals surface area contributed by atoms with E-state index in [2.05, 4.69) is 10.0 Å². The number of sulfonamides is 1. The summed E-state index contributed by atoms with van der Waals surface area (Å²) in [6.45, 7) is 0.137. The molecule has 0 fully saturated rings. The molecule has 0 spiro atoms. The average molecular weight is 401 g/mol. The van der Waals surface area contributed by atoms with E-state index >= 15 is 0 Å². The maximum Gasteiger partial charge on any atom is 0.270 e. The zero-order valence-electron chi connectivity index (χ0n) is 14.4. The van der Waals surface area contributed by atoms with Crippen LogP contribution < -0.4 is 10.0 Å². The summed E-state index contributed by atoms with van der Waals surface area (Å²) in [7, 11) is -4.14. The molecule has 10 heteroatoms. The van der Waals surface area contributed by atoms with Gasteiger partial charge in [0, 0.05) is 12.1 Å². The standard InChI is InChI=1S/C18H15N3O6S/c22-18(19-12-14-6-4-10-27-14)16-8-1-2-9-17(16)20-28(25,26)15-7-3-5-13(11-15)21(23)24/h1-11,20H,12H2,(H,19,22). The summed E-state index contributed by atoms with van der Waals surface area (Å²) in [5.74, 6) is 0.0387. The van der Waals surface area contributed by atoms with Crippen molar-refractivity contribution in [1.82, 2.24) is 5.32 Å². The van der Waals surface area contributed by atoms with Gasteiger partial charge in [-0.2, -0.15) is 0 Å². The van der Waals surface area contributed by atoms with Crippen LogP contribution in [0.1, 0.15) is 16.1 Å². The number of amides is 1. The van der Waals surface area contributed by atoms with Gasteiger partial charge in [-0.05, 0) is 30.3 Å². The van der Waals surface area contributed by atoms with E-state index in [1.807, 2.05) is 0 Å². The summed E-state index contributed by atoms with van der Waals surface area (Å²) < 4.78 is 32.7. The van der Waals surface area contributed by atoms with Gasteiger partial charge in [0.2, 0.25) is 0 Å². The number of nitro benzene ring substituents is 1. The molecule has 2 N–H and O–H groups in total. The van der Waals surface area contributed by atoms with E-state index in [9.17, 15) is 23.3 Å². The third-order valence-electron chi connectivity index (χ3n) is 3.76. The van der Waals surface area contributed by atoms with E-state index in [4.69, 9.17) is 4.42 Å². The van der Waals surface area contributed by atoms with Crippen molar-refractivity contribution in [1.29, 1.82) is 0 Å². The normalized spacial score (nSPS) is 11.0. The molecule has 3 rings (SSSR count). The Balaban J connectivity index is 1.83. The van der Waals surface area contributed by atoms with E-state index in [0.29, 0.717) is 5.76 Å². The molecule has 1 heterocycles. The molecule has 2 aromatic carbocycles. The first-order valence-electron chi connectivity index (χ1n) is 8.04. The van der Waals surface area contributed by atoms with Crippen molar-refractivity contribution in [3.05, 3.63) is 88.4 Å². The molecule has 144 valence electrons. The molecule has 0 bridgehead atoms. The number of furan rings is 1. The van der Waals surface area contributed by atoms with Crippen LogP contribution in [-0.2, 0) is 16.6 Å². The SMILES string of the molecule is O=C(NCc1ccco1)c1ccccc1NS(=O)(=O)c1cccc([N+](=O)[O-])c1. The van der Waals surface area contributed by atoms with Gasteiger partial charge in [-0.25, -0.2) is 8.42 Å². The van der Waals surface area contributed by atoms with Crippen molar-refractivity contribution in [2.24, 2.45) is 0 Å². The predicted octanol–water partition coefficient (Wildman–Crippen LogP) is 2.92. The van der Waals surface area contributed by atoms with Crippen LogP contribution in [0.4, 0.5) is 11.4 Å². The van der Waals surface area contributed by atoms with E-state index in [0.717, 1.165) is 6.07 Å². The van der Waals surface area contributed by atoms with E-state index in [1.54, 1.807) is 24.3 Å². The van der Waals surface area contributed by atoms with Gasteiger partial charge in [0.1, 0.15) is 5.76 Å². The summed E-state index contributed by atoms with van der Waals surface area (Å²) >= 11 is 0. The lowest BCUT2D eigenvalue weighted by Gasteiger charge is -2.12. The highest BCUT2D eigenvalue weighted by Crippen LogP contribution is 2.23. The van der Waals surface area contributed by atoms with Gasteiger partial charge in [0.05, 0.1) is 33.9 Å². The minimum atomic E-state index is -4.14. The molecule has 28 heavy (non-hydrogen) atoms. The number of nitro groups is 1. The van der Waals surface area contributed by atoms with Crippen LogP contribution in [0.5, 0.6) is 0 Å². The number of rotatable bonds is 7. The number of hydrogen-bond donors (Lipinski definition) is 2. The molecule has 0 aliphatic rings. The third-order valence-corrected chi connectivity index (χ3v) is 5.12. The molecular weight excluding hydrogens is 386 g/mol. The Labute approximate surface area is 160 Å². The minimum Gasteiger partial charge on any atom is -0.467 e. The molecule has 0 saturated heterocycles. The molecule has 0 radical (unpaired) electrons. The van der Waals surface area contributed by atoms with Gasteiger partial charge < -0.3 is 9.73 Å². The molecule has 9 nitrogen and oxygen atoms in total. The smallest absolute Gasteiger partial charge is 0.270 e. The Morgan fingerprint density at radius 2 is 1.86 bits per heavy atom. The number of non-ortho nitro benzene ring substituents is 1. The second-order valence-corrected chi connectivity index (χ2v) is 7.35. The summed E-state index contributed by atoms with van der Waals surface area (Å²) in [4.78, 5) is 22.4. The topological polar surface area (TPSA) is 132 Å². The maximum absolute atomic E-state index is 12.6. The highest BCUT2D eigenvalue weighted by atomic mass is 32.2. The zero-order valence-corrected chi connectivity index (χ0v) is 15.2. The predicted molar refractivity (Wildman–Crippen MR) is 100 cm³/mol. The number of carbonyl (C=O) groups is 1. The molecule has 0 atom stereocenters. The Hall–Kier alpha value is -3.66. The second kappa shape index (κ2) is 7.92.